The number of hydrogen-bond donors (Lipinski definition) is 1. The third-order valence-corrected chi connectivity index (χ3v) is 4.54. The lowest BCUT2D eigenvalue weighted by molar-refractivity contribution is 0.176. The summed E-state index contributed by atoms with van der Waals surface area (Å²) in [4.78, 5) is 0. The second kappa shape index (κ2) is 6.27. The number of halogens is 2. The summed E-state index contributed by atoms with van der Waals surface area (Å²) in [6, 6.07) is 3.77. The highest BCUT2D eigenvalue weighted by Crippen LogP contribution is 2.36. The highest BCUT2D eigenvalue weighted by molar-refractivity contribution is 7.20. The van der Waals surface area contributed by atoms with E-state index in [0.717, 1.165) is 24.4 Å². The molecule has 1 atom stereocenters. The van der Waals surface area contributed by atoms with Gasteiger partial charge in [-0.25, -0.2) is 0 Å². The van der Waals surface area contributed by atoms with Crippen molar-refractivity contribution >= 4 is 34.5 Å². The van der Waals surface area contributed by atoms with Crippen LogP contribution in [0.4, 0.5) is 0 Å². The molecule has 2 aromatic heterocycles. The molecular weight excluding hydrogens is 303 g/mol. The first-order valence-corrected chi connectivity index (χ1v) is 7.80. The van der Waals surface area contributed by atoms with Crippen LogP contribution in [0.15, 0.2) is 12.1 Å². The number of hydrogen-bond acceptors (Lipinski definition) is 3. The van der Waals surface area contributed by atoms with Crippen LogP contribution in [-0.4, -0.2) is 14.9 Å². The molecule has 19 heavy (non-hydrogen) atoms. The van der Waals surface area contributed by atoms with Gasteiger partial charge in [-0.3, -0.25) is 4.68 Å². The summed E-state index contributed by atoms with van der Waals surface area (Å²) in [7, 11) is 0. The second-order valence-electron chi connectivity index (χ2n) is 4.30. The van der Waals surface area contributed by atoms with Gasteiger partial charge in [0.05, 0.1) is 16.1 Å². The molecule has 0 saturated heterocycles. The Balaban J connectivity index is 2.20. The van der Waals surface area contributed by atoms with E-state index in [1.807, 2.05) is 17.7 Å². The largest absolute Gasteiger partial charge is 0.388 e. The maximum Gasteiger partial charge on any atom is 0.100 e. The van der Waals surface area contributed by atoms with Gasteiger partial charge in [-0.05, 0) is 25.5 Å². The van der Waals surface area contributed by atoms with Gasteiger partial charge in [-0.2, -0.15) is 5.10 Å². The molecule has 2 rings (SSSR count). The molecule has 3 nitrogen and oxygen atoms in total. The Morgan fingerprint density at radius 1 is 1.37 bits per heavy atom. The molecule has 6 heteroatoms. The van der Waals surface area contributed by atoms with Crippen LogP contribution in [0.25, 0.3) is 0 Å². The normalized spacial score (nSPS) is 12.9. The summed E-state index contributed by atoms with van der Waals surface area (Å²) in [5, 5.41) is 14.8. The molecule has 1 unspecified atom stereocenters. The van der Waals surface area contributed by atoms with Crippen LogP contribution in [0, 0.1) is 0 Å². The number of rotatable bonds is 5. The van der Waals surface area contributed by atoms with Crippen molar-refractivity contribution in [3.8, 4) is 0 Å². The number of thiophene rings is 1. The Morgan fingerprint density at radius 3 is 2.63 bits per heavy atom. The first kappa shape index (κ1) is 14.9. The van der Waals surface area contributed by atoms with Crippen molar-refractivity contribution in [3.63, 3.8) is 0 Å². The molecular formula is C13H16Cl2N2OS. The molecule has 0 bridgehead atoms. The molecule has 0 saturated carbocycles. The second-order valence-corrected chi connectivity index (χ2v) is 6.58. The molecule has 0 spiro atoms. The summed E-state index contributed by atoms with van der Waals surface area (Å²) >= 11 is 13.2. The summed E-state index contributed by atoms with van der Waals surface area (Å²) in [6.07, 6.45) is 0.734. The molecule has 0 aliphatic rings. The molecule has 104 valence electrons. The Morgan fingerprint density at radius 2 is 2.11 bits per heavy atom. The Hall–Kier alpha value is -0.550. The zero-order valence-electron chi connectivity index (χ0n) is 10.9. The smallest absolute Gasteiger partial charge is 0.100 e. The van der Waals surface area contributed by atoms with Gasteiger partial charge in [0.15, 0.2) is 0 Å². The maximum absolute atomic E-state index is 10.3. The summed E-state index contributed by atoms with van der Waals surface area (Å²) in [5.41, 5.74) is 2.75. The number of aliphatic hydroxyl groups excluding tert-OH is 1. The predicted octanol–water partition coefficient (Wildman–Crippen LogP) is 4.11. The predicted molar refractivity (Wildman–Crippen MR) is 80.3 cm³/mol. The minimum Gasteiger partial charge on any atom is -0.388 e. The third-order valence-electron chi connectivity index (χ3n) is 3.02. The van der Waals surface area contributed by atoms with Crippen molar-refractivity contribution in [2.24, 2.45) is 0 Å². The molecule has 0 radical (unpaired) electrons. The van der Waals surface area contributed by atoms with E-state index in [1.54, 1.807) is 6.07 Å². The fourth-order valence-corrected chi connectivity index (χ4v) is 3.58. The lowest BCUT2D eigenvalue weighted by Gasteiger charge is -2.10. The minimum absolute atomic E-state index is 0.494. The van der Waals surface area contributed by atoms with Crippen molar-refractivity contribution in [1.82, 2.24) is 9.78 Å². The first-order valence-electron chi connectivity index (χ1n) is 6.23. The molecule has 1 N–H and O–H groups in total. The van der Waals surface area contributed by atoms with Crippen molar-refractivity contribution in [1.29, 1.82) is 0 Å². The standard InChI is InChI=1S/C13H16Cl2N2OS/c1-3-8-5-9(17(4-2)16-8)6-11(18)10-7-12(14)19-13(10)15/h5,7,11,18H,3-4,6H2,1-2H3. The van der Waals surface area contributed by atoms with Crippen LogP contribution < -0.4 is 0 Å². The van der Waals surface area contributed by atoms with Gasteiger partial charge in [0.2, 0.25) is 0 Å². The Labute approximate surface area is 126 Å². The van der Waals surface area contributed by atoms with Crippen LogP contribution >= 0.6 is 34.5 Å². The van der Waals surface area contributed by atoms with Crippen LogP contribution in [-0.2, 0) is 19.4 Å². The monoisotopic (exact) mass is 318 g/mol. The van der Waals surface area contributed by atoms with Crippen LogP contribution in [0.3, 0.4) is 0 Å². The number of aromatic nitrogens is 2. The molecule has 0 fully saturated rings. The van der Waals surface area contributed by atoms with Gasteiger partial charge in [0.25, 0.3) is 0 Å². The lowest BCUT2D eigenvalue weighted by atomic mass is 10.1. The fraction of sp³-hybridized carbons (Fsp3) is 0.462. The van der Waals surface area contributed by atoms with Crippen molar-refractivity contribution in [3.05, 3.63) is 37.8 Å². The fourth-order valence-electron chi connectivity index (χ4n) is 2.01. The number of nitrogens with zero attached hydrogens (tertiary/aromatic N) is 2. The topological polar surface area (TPSA) is 38.0 Å². The summed E-state index contributed by atoms with van der Waals surface area (Å²) in [5.74, 6) is 0. The highest BCUT2D eigenvalue weighted by Gasteiger charge is 2.18. The first-order chi connectivity index (χ1) is 9.05. The van der Waals surface area contributed by atoms with Gasteiger partial charge < -0.3 is 5.11 Å². The van der Waals surface area contributed by atoms with Gasteiger partial charge in [-0.1, -0.05) is 30.1 Å². The van der Waals surface area contributed by atoms with Crippen molar-refractivity contribution in [2.45, 2.75) is 39.3 Å². The number of aliphatic hydroxyl groups is 1. The van der Waals surface area contributed by atoms with Gasteiger partial charge in [0.1, 0.15) is 4.34 Å². The maximum atomic E-state index is 10.3. The minimum atomic E-state index is -0.650. The number of aryl methyl sites for hydroxylation is 2. The molecule has 2 aromatic rings. The van der Waals surface area contributed by atoms with Crippen molar-refractivity contribution < 1.29 is 5.11 Å². The van der Waals surface area contributed by atoms with Gasteiger partial charge in [0, 0.05) is 24.2 Å². The lowest BCUT2D eigenvalue weighted by Crippen LogP contribution is -2.08. The summed E-state index contributed by atoms with van der Waals surface area (Å²) < 4.78 is 3.07. The van der Waals surface area contributed by atoms with E-state index in [0.29, 0.717) is 20.7 Å². The molecule has 2 heterocycles. The zero-order chi connectivity index (χ0) is 14.0. The van der Waals surface area contributed by atoms with Crippen LogP contribution in [0.5, 0.6) is 0 Å². The van der Waals surface area contributed by atoms with Crippen molar-refractivity contribution in [2.75, 3.05) is 0 Å². The summed E-state index contributed by atoms with van der Waals surface area (Å²) in [6.45, 7) is 4.90. The van der Waals surface area contributed by atoms with E-state index in [2.05, 4.69) is 12.0 Å². The van der Waals surface area contributed by atoms with Gasteiger partial charge in [-0.15, -0.1) is 11.3 Å². The average molecular weight is 319 g/mol. The van der Waals surface area contributed by atoms with Crippen LogP contribution in [0.2, 0.25) is 8.67 Å². The van der Waals surface area contributed by atoms with E-state index in [1.165, 1.54) is 11.3 Å². The third kappa shape index (κ3) is 3.31. The molecule has 0 aliphatic heterocycles. The Bertz CT molecular complexity index is 565. The molecule has 0 aromatic carbocycles. The Kier molecular flexibility index (Phi) is 4.90. The quantitative estimate of drug-likeness (QED) is 0.900. The van der Waals surface area contributed by atoms with E-state index < -0.39 is 6.10 Å². The molecule has 0 aliphatic carbocycles. The van der Waals surface area contributed by atoms with Crippen LogP contribution in [0.1, 0.15) is 36.9 Å². The molecule has 0 amide bonds. The van der Waals surface area contributed by atoms with Gasteiger partial charge >= 0.3 is 0 Å². The zero-order valence-corrected chi connectivity index (χ0v) is 13.2. The van der Waals surface area contributed by atoms with E-state index in [9.17, 15) is 5.11 Å². The van der Waals surface area contributed by atoms with E-state index in [-0.39, 0.29) is 0 Å². The highest BCUT2D eigenvalue weighted by atomic mass is 35.5. The SMILES string of the molecule is CCc1cc(CC(O)c2cc(Cl)sc2Cl)n(CC)n1. The van der Waals surface area contributed by atoms with E-state index in [4.69, 9.17) is 23.2 Å². The average Bonchev–Trinajstić information content (AvgIpc) is 2.92. The van der Waals surface area contributed by atoms with E-state index >= 15 is 0 Å².